The molecule has 0 saturated heterocycles. The second-order valence-corrected chi connectivity index (χ2v) is 8.30. The van der Waals surface area contributed by atoms with Crippen molar-refractivity contribution >= 4 is 17.4 Å². The Kier molecular flexibility index (Phi) is 7.13. The Hall–Kier alpha value is -0.640. The van der Waals surface area contributed by atoms with E-state index in [-0.39, 0.29) is 6.61 Å². The number of aliphatic hydroxyl groups excluding tert-OH is 1. The van der Waals surface area contributed by atoms with Gasteiger partial charge in [0.2, 0.25) is 0 Å². The van der Waals surface area contributed by atoms with E-state index in [0.717, 1.165) is 18.8 Å². The van der Waals surface area contributed by atoms with Gasteiger partial charge >= 0.3 is 0 Å². The van der Waals surface area contributed by atoms with E-state index in [0.29, 0.717) is 0 Å². The second kappa shape index (κ2) is 8.85. The Bertz CT molecular complexity index is 458. The van der Waals surface area contributed by atoms with Crippen LogP contribution in [0.25, 0.3) is 6.08 Å². The fraction of sp³-hybridized carbons (Fsp3) is 0.684. The van der Waals surface area contributed by atoms with Crippen molar-refractivity contribution in [2.24, 2.45) is 11.7 Å². The molecule has 22 heavy (non-hydrogen) atoms. The molecule has 1 fully saturated rings. The third-order valence-corrected chi connectivity index (χ3v) is 5.84. The van der Waals surface area contributed by atoms with Gasteiger partial charge in [-0.05, 0) is 56.7 Å². The lowest BCUT2D eigenvalue weighted by Gasteiger charge is -2.20. The van der Waals surface area contributed by atoms with E-state index < -0.39 is 5.54 Å². The summed E-state index contributed by atoms with van der Waals surface area (Å²) in [5.41, 5.74) is 5.52. The molecule has 2 nitrogen and oxygen atoms in total. The van der Waals surface area contributed by atoms with E-state index in [9.17, 15) is 5.11 Å². The Morgan fingerprint density at radius 2 is 2.09 bits per heavy atom. The Labute approximate surface area is 139 Å². The highest BCUT2D eigenvalue weighted by molar-refractivity contribution is 7.12. The zero-order valence-corrected chi connectivity index (χ0v) is 14.7. The lowest BCUT2D eigenvalue weighted by Crippen LogP contribution is -2.40. The lowest BCUT2D eigenvalue weighted by atomic mass is 9.86. The highest BCUT2D eigenvalue weighted by Gasteiger charge is 2.17. The van der Waals surface area contributed by atoms with Crippen molar-refractivity contribution in [3.8, 4) is 0 Å². The fourth-order valence-electron chi connectivity index (χ4n) is 3.11. The Morgan fingerprint density at radius 1 is 1.32 bits per heavy atom. The summed E-state index contributed by atoms with van der Waals surface area (Å²) in [6, 6.07) is 4.39. The standard InChI is InChI=1S/C19H31NOS/c1-19(20,15-21)14-13-18-12-11-17(22-18)10-6-5-9-16-7-3-2-4-8-16/h6,10-12,16,21H,2-5,7-9,13-15,20H2,1H3/b10-6+. The van der Waals surface area contributed by atoms with Crippen molar-refractivity contribution in [2.75, 3.05) is 6.61 Å². The van der Waals surface area contributed by atoms with Crippen LogP contribution in [0.3, 0.4) is 0 Å². The maximum absolute atomic E-state index is 9.20. The molecule has 0 aliphatic heterocycles. The van der Waals surface area contributed by atoms with E-state index in [4.69, 9.17) is 5.73 Å². The molecule has 0 radical (unpaired) electrons. The van der Waals surface area contributed by atoms with Gasteiger partial charge in [-0.15, -0.1) is 11.3 Å². The van der Waals surface area contributed by atoms with Crippen LogP contribution in [0.1, 0.15) is 68.0 Å². The first kappa shape index (κ1) is 17.7. The van der Waals surface area contributed by atoms with E-state index in [1.807, 2.05) is 18.3 Å². The van der Waals surface area contributed by atoms with Crippen LogP contribution in [0.4, 0.5) is 0 Å². The van der Waals surface area contributed by atoms with E-state index in [1.54, 1.807) is 0 Å². The Balaban J connectivity index is 1.70. The summed E-state index contributed by atoms with van der Waals surface area (Å²) in [6.07, 6.45) is 16.2. The Morgan fingerprint density at radius 3 is 2.82 bits per heavy atom. The first-order valence-corrected chi connectivity index (χ1v) is 9.56. The number of aryl methyl sites for hydroxylation is 1. The smallest absolute Gasteiger partial charge is 0.0608 e. The zero-order valence-electron chi connectivity index (χ0n) is 13.9. The van der Waals surface area contributed by atoms with Crippen LogP contribution < -0.4 is 5.73 Å². The molecule has 3 heteroatoms. The molecule has 1 heterocycles. The average Bonchev–Trinajstić information content (AvgIpc) is 2.99. The van der Waals surface area contributed by atoms with Crippen LogP contribution in [0, 0.1) is 5.92 Å². The molecule has 3 N–H and O–H groups in total. The maximum atomic E-state index is 9.20. The molecule has 124 valence electrons. The molecule has 0 amide bonds. The van der Waals surface area contributed by atoms with E-state index in [2.05, 4.69) is 24.3 Å². The molecule has 0 spiro atoms. The van der Waals surface area contributed by atoms with Gasteiger partial charge in [0.25, 0.3) is 0 Å². The molecule has 2 rings (SSSR count). The third-order valence-electron chi connectivity index (χ3n) is 4.73. The zero-order chi connectivity index (χ0) is 15.8. The van der Waals surface area contributed by atoms with Crippen LogP contribution in [0.5, 0.6) is 0 Å². The minimum Gasteiger partial charge on any atom is -0.394 e. The molecule has 1 saturated carbocycles. The van der Waals surface area contributed by atoms with Crippen LogP contribution in [0.15, 0.2) is 18.2 Å². The van der Waals surface area contributed by atoms with Gasteiger partial charge in [-0.1, -0.05) is 38.2 Å². The molecule has 0 aromatic carbocycles. The molecule has 1 atom stereocenters. The predicted molar refractivity (Wildman–Crippen MR) is 97.2 cm³/mol. The first-order chi connectivity index (χ1) is 10.6. The van der Waals surface area contributed by atoms with Gasteiger partial charge in [0, 0.05) is 15.3 Å². The average molecular weight is 322 g/mol. The summed E-state index contributed by atoms with van der Waals surface area (Å²) >= 11 is 1.85. The van der Waals surface area contributed by atoms with Crippen molar-refractivity contribution in [1.29, 1.82) is 0 Å². The normalized spacial score (nSPS) is 19.6. The minimum absolute atomic E-state index is 0.0479. The quantitative estimate of drug-likeness (QED) is 0.725. The van der Waals surface area contributed by atoms with Crippen LogP contribution >= 0.6 is 11.3 Å². The minimum atomic E-state index is -0.458. The molecule has 1 aliphatic carbocycles. The van der Waals surface area contributed by atoms with Crippen LogP contribution in [-0.2, 0) is 6.42 Å². The van der Waals surface area contributed by atoms with Gasteiger partial charge < -0.3 is 10.8 Å². The summed E-state index contributed by atoms with van der Waals surface area (Å²) in [4.78, 5) is 2.69. The molecular formula is C19H31NOS. The van der Waals surface area contributed by atoms with Gasteiger partial charge in [0.1, 0.15) is 0 Å². The van der Waals surface area contributed by atoms with Crippen molar-refractivity contribution in [2.45, 2.75) is 70.3 Å². The first-order valence-electron chi connectivity index (χ1n) is 8.74. The summed E-state index contributed by atoms with van der Waals surface area (Å²) in [5, 5.41) is 9.20. The molecule has 1 aromatic heterocycles. The summed E-state index contributed by atoms with van der Waals surface area (Å²) in [5.74, 6) is 0.970. The molecular weight excluding hydrogens is 290 g/mol. The van der Waals surface area contributed by atoms with Crippen molar-refractivity contribution in [3.63, 3.8) is 0 Å². The van der Waals surface area contributed by atoms with Gasteiger partial charge in [0.05, 0.1) is 6.61 Å². The van der Waals surface area contributed by atoms with Crippen molar-refractivity contribution in [3.05, 3.63) is 28.0 Å². The molecule has 1 aliphatic rings. The monoisotopic (exact) mass is 321 g/mol. The van der Waals surface area contributed by atoms with E-state index in [1.165, 1.54) is 54.7 Å². The van der Waals surface area contributed by atoms with Gasteiger partial charge in [-0.3, -0.25) is 0 Å². The van der Waals surface area contributed by atoms with Crippen LogP contribution in [-0.4, -0.2) is 17.3 Å². The molecule has 1 unspecified atom stereocenters. The topological polar surface area (TPSA) is 46.2 Å². The summed E-state index contributed by atoms with van der Waals surface area (Å²) in [7, 11) is 0. The fourth-order valence-corrected chi connectivity index (χ4v) is 4.06. The number of hydrogen-bond acceptors (Lipinski definition) is 3. The largest absolute Gasteiger partial charge is 0.394 e. The number of thiophene rings is 1. The van der Waals surface area contributed by atoms with E-state index >= 15 is 0 Å². The van der Waals surface area contributed by atoms with Crippen molar-refractivity contribution < 1.29 is 5.11 Å². The lowest BCUT2D eigenvalue weighted by molar-refractivity contribution is 0.201. The molecule has 1 aromatic rings. The maximum Gasteiger partial charge on any atom is 0.0608 e. The SMILES string of the molecule is CC(N)(CO)CCc1ccc(/C=C/CCC2CCCCC2)s1. The number of rotatable bonds is 8. The highest BCUT2D eigenvalue weighted by atomic mass is 32.1. The number of nitrogens with two attached hydrogens (primary N) is 1. The third kappa shape index (κ3) is 6.23. The number of allylic oxidation sites excluding steroid dienone is 1. The number of hydrogen-bond donors (Lipinski definition) is 2. The molecule has 0 bridgehead atoms. The second-order valence-electron chi connectivity index (χ2n) is 7.10. The van der Waals surface area contributed by atoms with Crippen molar-refractivity contribution in [1.82, 2.24) is 0 Å². The van der Waals surface area contributed by atoms with Crippen LogP contribution in [0.2, 0.25) is 0 Å². The summed E-state index contributed by atoms with van der Waals surface area (Å²) in [6.45, 7) is 1.96. The predicted octanol–water partition coefficient (Wildman–Crippen LogP) is 4.76. The summed E-state index contributed by atoms with van der Waals surface area (Å²) < 4.78 is 0. The van der Waals surface area contributed by atoms with Gasteiger partial charge in [-0.25, -0.2) is 0 Å². The van der Waals surface area contributed by atoms with Gasteiger partial charge in [0.15, 0.2) is 0 Å². The number of aliphatic hydroxyl groups is 1. The van der Waals surface area contributed by atoms with Gasteiger partial charge in [-0.2, -0.15) is 0 Å². The highest BCUT2D eigenvalue weighted by Crippen LogP contribution is 2.28.